The van der Waals surface area contributed by atoms with Crippen molar-refractivity contribution in [2.24, 2.45) is 0 Å². The lowest BCUT2D eigenvalue weighted by Gasteiger charge is -2.30. The molecule has 0 heterocycles. The van der Waals surface area contributed by atoms with Gasteiger partial charge in [0.25, 0.3) is 0 Å². The van der Waals surface area contributed by atoms with Crippen molar-refractivity contribution < 1.29 is 23.8 Å². The number of hydrogen-bond acceptors (Lipinski definition) is 5. The van der Waals surface area contributed by atoms with E-state index in [0.29, 0.717) is 0 Å². The Hall–Kier alpha value is -2.70. The molecule has 0 bridgehead atoms. The smallest absolute Gasteiger partial charge is 0.407 e. The van der Waals surface area contributed by atoms with Crippen LogP contribution in [0.3, 0.4) is 0 Å². The van der Waals surface area contributed by atoms with Gasteiger partial charge in [-0.3, -0.25) is 4.79 Å². The van der Waals surface area contributed by atoms with E-state index >= 15 is 0 Å². The van der Waals surface area contributed by atoms with E-state index in [0.717, 1.165) is 22.3 Å². The van der Waals surface area contributed by atoms with Crippen LogP contribution in [-0.4, -0.2) is 49.9 Å². The van der Waals surface area contributed by atoms with Crippen LogP contribution in [0.4, 0.5) is 4.79 Å². The Morgan fingerprint density at radius 2 is 1.55 bits per heavy atom. The lowest BCUT2D eigenvalue weighted by molar-refractivity contribution is -0.132. The molecule has 2 atom stereocenters. The molecule has 1 amide bonds. The van der Waals surface area contributed by atoms with Gasteiger partial charge in [-0.1, -0.05) is 48.5 Å². The molecule has 1 N–H and O–H groups in total. The van der Waals surface area contributed by atoms with Crippen LogP contribution in [0.25, 0.3) is 11.1 Å². The second-order valence-corrected chi connectivity index (χ2v) is 8.78. The van der Waals surface area contributed by atoms with Gasteiger partial charge < -0.3 is 19.5 Å². The van der Waals surface area contributed by atoms with Crippen LogP contribution in [0.5, 0.6) is 0 Å². The molecule has 31 heavy (non-hydrogen) atoms. The van der Waals surface area contributed by atoms with Gasteiger partial charge in [-0.25, -0.2) is 4.79 Å². The zero-order valence-electron chi connectivity index (χ0n) is 18.8. The lowest BCUT2D eigenvalue weighted by Crippen LogP contribution is -2.51. The Morgan fingerprint density at radius 3 is 2.06 bits per heavy atom. The molecule has 6 heteroatoms. The maximum atomic E-state index is 12.6. The van der Waals surface area contributed by atoms with Crippen LogP contribution in [0.1, 0.15) is 44.7 Å². The van der Waals surface area contributed by atoms with E-state index in [1.807, 2.05) is 45.0 Å². The normalized spacial score (nSPS) is 15.0. The van der Waals surface area contributed by atoms with Gasteiger partial charge in [-0.05, 0) is 49.9 Å². The van der Waals surface area contributed by atoms with Crippen molar-refractivity contribution in [1.29, 1.82) is 0 Å². The van der Waals surface area contributed by atoms with Crippen LogP contribution < -0.4 is 5.32 Å². The van der Waals surface area contributed by atoms with Gasteiger partial charge in [0.05, 0.1) is 11.7 Å². The van der Waals surface area contributed by atoms with Crippen molar-refractivity contribution in [3.8, 4) is 11.1 Å². The minimum Gasteiger partial charge on any atom is -0.449 e. The van der Waals surface area contributed by atoms with Crippen LogP contribution >= 0.6 is 0 Å². The molecular formula is C25H31NO5. The highest BCUT2D eigenvalue weighted by Crippen LogP contribution is 2.44. The monoisotopic (exact) mass is 425 g/mol. The lowest BCUT2D eigenvalue weighted by atomic mass is 9.98. The minimum atomic E-state index is -0.866. The zero-order chi connectivity index (χ0) is 22.6. The Labute approximate surface area is 183 Å². The molecular weight excluding hydrogens is 394 g/mol. The minimum absolute atomic E-state index is 0.0467. The third-order valence-electron chi connectivity index (χ3n) is 5.26. The van der Waals surface area contributed by atoms with Crippen molar-refractivity contribution in [3.05, 3.63) is 59.7 Å². The summed E-state index contributed by atoms with van der Waals surface area (Å²) < 4.78 is 16.4. The highest BCUT2D eigenvalue weighted by molar-refractivity contribution is 5.89. The topological polar surface area (TPSA) is 73.9 Å². The molecule has 0 saturated heterocycles. The molecule has 2 aromatic rings. The van der Waals surface area contributed by atoms with Crippen LogP contribution in [0.2, 0.25) is 0 Å². The number of hydrogen-bond donors (Lipinski definition) is 1. The van der Waals surface area contributed by atoms with Gasteiger partial charge in [0.15, 0.2) is 5.78 Å². The van der Waals surface area contributed by atoms with E-state index < -0.39 is 23.8 Å². The average molecular weight is 426 g/mol. The fourth-order valence-corrected chi connectivity index (χ4v) is 4.08. The maximum Gasteiger partial charge on any atom is 0.407 e. The first-order valence-corrected chi connectivity index (χ1v) is 10.5. The SMILES string of the molecule is COCC(=O)[C@@H](NC(=O)OCC1c2ccccc2-c2ccccc21)[C@@H](C)OC(C)(C)C. The number of methoxy groups -OCH3 is 1. The largest absolute Gasteiger partial charge is 0.449 e. The Morgan fingerprint density at radius 1 is 1.00 bits per heavy atom. The molecule has 0 unspecified atom stereocenters. The average Bonchev–Trinajstić information content (AvgIpc) is 3.03. The highest BCUT2D eigenvalue weighted by atomic mass is 16.6. The van der Waals surface area contributed by atoms with Gasteiger partial charge in [0.2, 0.25) is 0 Å². The zero-order valence-corrected chi connectivity index (χ0v) is 18.8. The second kappa shape index (κ2) is 9.62. The summed E-state index contributed by atoms with van der Waals surface area (Å²) in [6, 6.07) is 15.4. The van der Waals surface area contributed by atoms with Gasteiger partial charge >= 0.3 is 6.09 Å². The Bertz CT molecular complexity index is 888. The van der Waals surface area contributed by atoms with Gasteiger partial charge in [-0.15, -0.1) is 0 Å². The number of alkyl carbamates (subject to hydrolysis) is 1. The van der Waals surface area contributed by atoms with Crippen molar-refractivity contribution in [2.75, 3.05) is 20.3 Å². The Balaban J connectivity index is 1.70. The third kappa shape index (κ3) is 5.51. The molecule has 0 radical (unpaired) electrons. The van der Waals surface area contributed by atoms with E-state index in [2.05, 4.69) is 29.6 Å². The number of carbonyl (C=O) groups is 2. The van der Waals surface area contributed by atoms with Gasteiger partial charge in [-0.2, -0.15) is 0 Å². The molecule has 0 spiro atoms. The van der Waals surface area contributed by atoms with Gasteiger partial charge in [0, 0.05) is 13.0 Å². The number of ketones is 1. The van der Waals surface area contributed by atoms with E-state index in [-0.39, 0.29) is 24.9 Å². The summed E-state index contributed by atoms with van der Waals surface area (Å²) in [4.78, 5) is 25.1. The molecule has 2 aromatic carbocycles. The quantitative estimate of drug-likeness (QED) is 0.682. The summed E-state index contributed by atoms with van der Waals surface area (Å²) in [5.41, 5.74) is 4.12. The fraction of sp³-hybridized carbons (Fsp3) is 0.440. The summed E-state index contributed by atoms with van der Waals surface area (Å²) in [6.07, 6.45) is -1.19. The number of fused-ring (bicyclic) bond motifs is 3. The number of nitrogens with one attached hydrogen (secondary N) is 1. The van der Waals surface area contributed by atoms with Crippen LogP contribution in [0, 0.1) is 0 Å². The summed E-state index contributed by atoms with van der Waals surface area (Å²) in [5, 5.41) is 2.68. The Kier molecular flexibility index (Phi) is 7.13. The van der Waals surface area contributed by atoms with Crippen molar-refractivity contribution in [3.63, 3.8) is 0 Å². The number of Topliss-reactive ketones (excluding diaryl/α,β-unsaturated/α-hetero) is 1. The molecule has 3 rings (SSSR count). The van der Waals surface area contributed by atoms with E-state index in [1.54, 1.807) is 6.92 Å². The van der Waals surface area contributed by atoms with Crippen molar-refractivity contribution in [2.45, 2.75) is 51.4 Å². The van der Waals surface area contributed by atoms with E-state index in [9.17, 15) is 9.59 Å². The fourth-order valence-electron chi connectivity index (χ4n) is 4.08. The number of amides is 1. The first kappa shape index (κ1) is 23.0. The number of rotatable bonds is 8. The molecule has 166 valence electrons. The molecule has 1 aliphatic rings. The molecule has 0 fully saturated rings. The summed E-state index contributed by atoms with van der Waals surface area (Å²) in [5.74, 6) is -0.317. The van der Waals surface area contributed by atoms with Crippen molar-refractivity contribution in [1.82, 2.24) is 5.32 Å². The van der Waals surface area contributed by atoms with Gasteiger partial charge in [0.1, 0.15) is 19.3 Å². The standard InChI is InChI=1S/C25H31NO5/c1-16(31-25(2,3)4)23(22(27)15-29-5)26-24(28)30-14-21-19-12-8-6-10-17(19)18-11-7-9-13-20(18)21/h6-13,16,21,23H,14-15H2,1-5H3,(H,26,28)/t16-,23+/m1/s1. The molecule has 6 nitrogen and oxygen atoms in total. The first-order valence-electron chi connectivity index (χ1n) is 10.5. The van der Waals surface area contributed by atoms with Crippen LogP contribution in [-0.2, 0) is 19.0 Å². The summed E-state index contributed by atoms with van der Waals surface area (Å²) >= 11 is 0. The van der Waals surface area contributed by atoms with Crippen LogP contribution in [0.15, 0.2) is 48.5 Å². The molecule has 0 aliphatic heterocycles. The highest BCUT2D eigenvalue weighted by Gasteiger charge is 2.32. The number of carbonyl (C=O) groups excluding carboxylic acids is 2. The molecule has 0 aromatic heterocycles. The summed E-state index contributed by atoms with van der Waals surface area (Å²) in [6.45, 7) is 7.51. The maximum absolute atomic E-state index is 12.6. The van der Waals surface area contributed by atoms with Crippen molar-refractivity contribution >= 4 is 11.9 Å². The predicted octanol–water partition coefficient (Wildman–Crippen LogP) is 4.31. The predicted molar refractivity (Wildman–Crippen MR) is 119 cm³/mol. The molecule has 1 aliphatic carbocycles. The van der Waals surface area contributed by atoms with E-state index in [1.165, 1.54) is 7.11 Å². The summed E-state index contributed by atoms with van der Waals surface area (Å²) in [7, 11) is 1.44. The molecule has 0 saturated carbocycles. The second-order valence-electron chi connectivity index (χ2n) is 8.78. The number of benzene rings is 2. The first-order chi connectivity index (χ1) is 14.7. The van der Waals surface area contributed by atoms with E-state index in [4.69, 9.17) is 14.2 Å². The third-order valence-corrected chi connectivity index (χ3v) is 5.26. The number of ether oxygens (including phenoxy) is 3.